The number of nitrogens with zero attached hydrogens (tertiary/aromatic N) is 3. The normalized spacial score (nSPS) is 17.3. The first-order chi connectivity index (χ1) is 17.0. The van der Waals surface area contributed by atoms with Gasteiger partial charge in [0, 0.05) is 18.5 Å². The Kier molecular flexibility index (Phi) is 6.46. The second-order valence-electron chi connectivity index (χ2n) is 8.35. The van der Waals surface area contributed by atoms with E-state index in [1.807, 2.05) is 54.6 Å². The van der Waals surface area contributed by atoms with Crippen LogP contribution >= 0.6 is 11.8 Å². The summed E-state index contributed by atoms with van der Waals surface area (Å²) in [4.78, 5) is 37.3. The van der Waals surface area contributed by atoms with Gasteiger partial charge in [-0.2, -0.15) is 0 Å². The van der Waals surface area contributed by atoms with Crippen LogP contribution in [0.25, 0.3) is 0 Å². The molecule has 2 unspecified atom stereocenters. The van der Waals surface area contributed by atoms with E-state index in [4.69, 9.17) is 9.98 Å². The quantitative estimate of drug-likeness (QED) is 0.559. The van der Waals surface area contributed by atoms with Crippen molar-refractivity contribution in [2.75, 3.05) is 0 Å². The maximum atomic E-state index is 13.4. The van der Waals surface area contributed by atoms with E-state index in [2.05, 4.69) is 5.32 Å². The molecule has 35 heavy (non-hydrogen) atoms. The van der Waals surface area contributed by atoms with Gasteiger partial charge in [0.2, 0.25) is 5.91 Å². The Labute approximate surface area is 207 Å². The number of nitrogens with one attached hydrogen (secondary N) is 1. The van der Waals surface area contributed by atoms with E-state index < -0.39 is 11.3 Å². The minimum atomic E-state index is -0.549. The first-order valence-electron chi connectivity index (χ1n) is 11.3. The molecule has 0 aliphatic carbocycles. The predicted octanol–water partition coefficient (Wildman–Crippen LogP) is 4.47. The summed E-state index contributed by atoms with van der Waals surface area (Å²) in [6, 6.07) is 22.8. The molecular weight excluding hydrogens is 463 g/mol. The number of hydrogen-bond acceptors (Lipinski definition) is 5. The summed E-state index contributed by atoms with van der Waals surface area (Å²) in [5.74, 6) is -0.101. The first kappa shape index (κ1) is 23.0. The maximum absolute atomic E-state index is 13.4. The molecule has 2 aliphatic rings. The molecule has 0 bridgehead atoms. The number of fused-ring (bicyclic) bond motifs is 3. The molecule has 6 nitrogen and oxygen atoms in total. The molecule has 8 heteroatoms. The third-order valence-corrected chi connectivity index (χ3v) is 6.90. The van der Waals surface area contributed by atoms with Crippen LogP contribution < -0.4 is 5.32 Å². The number of carbonyl (C=O) groups is 2. The summed E-state index contributed by atoms with van der Waals surface area (Å²) in [5.41, 5.74) is 3.35. The molecule has 0 spiro atoms. The molecule has 2 atom stereocenters. The first-order valence-corrected chi connectivity index (χ1v) is 12.2. The molecule has 2 aliphatic heterocycles. The lowest BCUT2D eigenvalue weighted by atomic mass is 10.1. The Hall–Kier alpha value is -3.78. The Morgan fingerprint density at radius 1 is 1.03 bits per heavy atom. The lowest BCUT2D eigenvalue weighted by molar-refractivity contribution is -0.124. The fourth-order valence-corrected chi connectivity index (χ4v) is 4.94. The largest absolute Gasteiger partial charge is 0.351 e. The number of benzene rings is 3. The van der Waals surface area contributed by atoms with Gasteiger partial charge in [0.1, 0.15) is 17.7 Å². The molecule has 0 saturated heterocycles. The van der Waals surface area contributed by atoms with E-state index in [-0.39, 0.29) is 24.2 Å². The molecule has 176 valence electrons. The fourth-order valence-electron chi connectivity index (χ4n) is 4.00. The van der Waals surface area contributed by atoms with Gasteiger partial charge in [-0.1, -0.05) is 66.4 Å². The molecule has 3 aromatic rings. The number of hydrogen-bond donors (Lipinski definition) is 1. The lowest BCUT2D eigenvalue weighted by Crippen LogP contribution is -2.43. The number of thioether (sulfide) groups is 1. The monoisotopic (exact) mass is 486 g/mol. The van der Waals surface area contributed by atoms with Gasteiger partial charge in [0.15, 0.2) is 5.17 Å². The number of carbonyl (C=O) groups excluding carboxylic acids is 2. The van der Waals surface area contributed by atoms with Gasteiger partial charge in [-0.05, 0) is 42.3 Å². The van der Waals surface area contributed by atoms with Crippen LogP contribution in [-0.4, -0.2) is 39.0 Å². The van der Waals surface area contributed by atoms with Gasteiger partial charge < -0.3 is 5.32 Å². The zero-order chi connectivity index (χ0) is 24.4. The van der Waals surface area contributed by atoms with Gasteiger partial charge in [-0.15, -0.1) is 0 Å². The summed E-state index contributed by atoms with van der Waals surface area (Å²) in [6.07, 6.45) is 0.494. The molecule has 0 saturated carbocycles. The lowest BCUT2D eigenvalue weighted by Gasteiger charge is -2.27. The highest BCUT2D eigenvalue weighted by molar-refractivity contribution is 8.15. The smallest absolute Gasteiger partial charge is 0.259 e. The van der Waals surface area contributed by atoms with Crippen molar-refractivity contribution in [3.05, 3.63) is 101 Å². The molecule has 2 heterocycles. The highest BCUT2D eigenvalue weighted by Crippen LogP contribution is 2.35. The number of amides is 2. The Morgan fingerprint density at radius 3 is 2.51 bits per heavy atom. The number of para-hydroxylation sites is 1. The van der Waals surface area contributed by atoms with E-state index in [0.717, 1.165) is 22.4 Å². The minimum absolute atomic E-state index is 0.150. The van der Waals surface area contributed by atoms with Crippen molar-refractivity contribution in [2.45, 2.75) is 31.2 Å². The van der Waals surface area contributed by atoms with Crippen molar-refractivity contribution in [3.63, 3.8) is 0 Å². The second kappa shape index (κ2) is 9.84. The summed E-state index contributed by atoms with van der Waals surface area (Å²) in [6.45, 7) is 2.06. The summed E-state index contributed by atoms with van der Waals surface area (Å²) < 4.78 is 13.1. The number of aliphatic imine (C=N–C) groups is 2. The highest BCUT2D eigenvalue weighted by atomic mass is 32.2. The van der Waals surface area contributed by atoms with E-state index in [1.165, 1.54) is 23.9 Å². The van der Waals surface area contributed by atoms with Crippen LogP contribution in [0.5, 0.6) is 0 Å². The van der Waals surface area contributed by atoms with Crippen LogP contribution in [0.15, 0.2) is 88.8 Å². The summed E-state index contributed by atoms with van der Waals surface area (Å²) in [7, 11) is 0. The van der Waals surface area contributed by atoms with Crippen molar-refractivity contribution >= 4 is 40.3 Å². The average Bonchev–Trinajstić information content (AvgIpc) is 3.20. The Balaban J connectivity index is 1.34. The summed E-state index contributed by atoms with van der Waals surface area (Å²) >= 11 is 1.22. The Bertz CT molecular complexity index is 1320. The standard InChI is InChI=1S/C27H23FN4O2S/c1-17(25(33)29-16-19-11-13-20(28)14-12-19)35-27-31-22-10-6-5-9-21(22)24-30-23(26(34)32(24)27)15-18-7-3-2-4-8-18/h2-14,17,23H,15-16H2,1H3,(H,29,33). The number of amidine groups is 2. The highest BCUT2D eigenvalue weighted by Gasteiger charge is 2.42. The molecule has 1 N–H and O–H groups in total. The van der Waals surface area contributed by atoms with Crippen molar-refractivity contribution < 1.29 is 14.0 Å². The average molecular weight is 487 g/mol. The molecule has 0 fully saturated rings. The summed E-state index contributed by atoms with van der Waals surface area (Å²) in [5, 5.41) is 2.79. The van der Waals surface area contributed by atoms with Crippen molar-refractivity contribution in [1.29, 1.82) is 0 Å². The van der Waals surface area contributed by atoms with Crippen LogP contribution in [0.1, 0.15) is 23.6 Å². The van der Waals surface area contributed by atoms with Gasteiger partial charge in [-0.25, -0.2) is 14.3 Å². The van der Waals surface area contributed by atoms with Crippen LogP contribution in [-0.2, 0) is 22.6 Å². The third-order valence-electron chi connectivity index (χ3n) is 5.85. The second-order valence-corrected chi connectivity index (χ2v) is 9.66. The number of rotatable bonds is 6. The zero-order valence-electron chi connectivity index (χ0n) is 19.0. The van der Waals surface area contributed by atoms with E-state index in [0.29, 0.717) is 17.4 Å². The molecule has 2 amide bonds. The van der Waals surface area contributed by atoms with Crippen LogP contribution in [0.3, 0.4) is 0 Å². The van der Waals surface area contributed by atoms with Crippen LogP contribution in [0.4, 0.5) is 10.1 Å². The van der Waals surface area contributed by atoms with E-state index >= 15 is 0 Å². The number of halogens is 1. The molecule has 0 radical (unpaired) electrons. The molecule has 5 rings (SSSR count). The predicted molar refractivity (Wildman–Crippen MR) is 136 cm³/mol. The molecule has 0 aromatic heterocycles. The fraction of sp³-hybridized carbons (Fsp3) is 0.185. The Morgan fingerprint density at radius 2 is 1.74 bits per heavy atom. The molecular formula is C27H23FN4O2S. The van der Waals surface area contributed by atoms with Gasteiger partial charge >= 0.3 is 0 Å². The van der Waals surface area contributed by atoms with Gasteiger partial charge in [0.25, 0.3) is 5.91 Å². The van der Waals surface area contributed by atoms with Crippen LogP contribution in [0.2, 0.25) is 0 Å². The SMILES string of the molecule is CC(SC1=Nc2ccccc2C2=NC(Cc3ccccc3)C(=O)N12)C(=O)NCc1ccc(F)cc1. The topological polar surface area (TPSA) is 74.1 Å². The van der Waals surface area contributed by atoms with Crippen molar-refractivity contribution in [2.24, 2.45) is 9.98 Å². The zero-order valence-corrected chi connectivity index (χ0v) is 19.8. The molecule has 3 aromatic carbocycles. The van der Waals surface area contributed by atoms with Crippen molar-refractivity contribution in [1.82, 2.24) is 10.2 Å². The van der Waals surface area contributed by atoms with E-state index in [1.54, 1.807) is 24.0 Å². The minimum Gasteiger partial charge on any atom is -0.351 e. The van der Waals surface area contributed by atoms with E-state index in [9.17, 15) is 14.0 Å². The maximum Gasteiger partial charge on any atom is 0.259 e. The van der Waals surface area contributed by atoms with Gasteiger partial charge in [0.05, 0.1) is 10.9 Å². The van der Waals surface area contributed by atoms with Crippen LogP contribution in [0, 0.1) is 5.82 Å². The van der Waals surface area contributed by atoms with Crippen molar-refractivity contribution in [3.8, 4) is 0 Å². The third kappa shape index (κ3) is 4.88. The van der Waals surface area contributed by atoms with Gasteiger partial charge in [-0.3, -0.25) is 14.6 Å².